The molecule has 1 fully saturated rings. The quantitative estimate of drug-likeness (QED) is 0.268. The summed E-state index contributed by atoms with van der Waals surface area (Å²) in [7, 11) is 1.96. The first-order valence-electron chi connectivity index (χ1n) is 11.3. The maximum Gasteiger partial charge on any atom is 0.192 e. The number of aliphatic imine (C=N–C) groups is 1. The molecule has 0 radical (unpaired) electrons. The lowest BCUT2D eigenvalue weighted by Crippen LogP contribution is -2.51. The van der Waals surface area contributed by atoms with Crippen molar-refractivity contribution >= 4 is 35.6 Å². The zero-order valence-corrected chi connectivity index (χ0v) is 21.9. The molecule has 4 rings (SSSR count). The van der Waals surface area contributed by atoms with Gasteiger partial charge in [0.25, 0.3) is 0 Å². The van der Waals surface area contributed by atoms with Gasteiger partial charge in [-0.15, -0.1) is 34.2 Å². The lowest BCUT2D eigenvalue weighted by molar-refractivity contribution is 0.467. The Labute approximate surface area is 218 Å². The second-order valence-electron chi connectivity index (χ2n) is 8.28. The zero-order chi connectivity index (χ0) is 23.0. The van der Waals surface area contributed by atoms with Crippen molar-refractivity contribution in [3.05, 3.63) is 77.4 Å². The third kappa shape index (κ3) is 6.47. The van der Waals surface area contributed by atoms with Crippen molar-refractivity contribution in [1.29, 1.82) is 5.26 Å². The molecule has 34 heavy (non-hydrogen) atoms. The highest BCUT2D eigenvalue weighted by Gasteiger charge is 2.22. The lowest BCUT2D eigenvalue weighted by atomic mass is 10.0. The van der Waals surface area contributed by atoms with Crippen LogP contribution in [0.3, 0.4) is 0 Å². The van der Waals surface area contributed by atoms with Gasteiger partial charge in [-0.25, -0.2) is 4.99 Å². The van der Waals surface area contributed by atoms with Gasteiger partial charge in [-0.05, 0) is 37.5 Å². The molecule has 2 heterocycles. The van der Waals surface area contributed by atoms with Crippen LogP contribution in [0.1, 0.15) is 35.6 Å². The third-order valence-electron chi connectivity index (χ3n) is 5.99. The Balaban J connectivity index is 0.00000324. The van der Waals surface area contributed by atoms with E-state index >= 15 is 0 Å². The van der Waals surface area contributed by atoms with Gasteiger partial charge in [0.05, 0.1) is 24.3 Å². The van der Waals surface area contributed by atoms with Crippen molar-refractivity contribution in [3.8, 4) is 6.07 Å². The van der Waals surface area contributed by atoms with E-state index in [1.165, 1.54) is 0 Å². The summed E-state index contributed by atoms with van der Waals surface area (Å²) in [4.78, 5) is 7.13. The average Bonchev–Trinajstić information content (AvgIpc) is 3.18. The molecule has 0 saturated carbocycles. The summed E-state index contributed by atoms with van der Waals surface area (Å²) in [6.45, 7) is 4.81. The Kier molecular flexibility index (Phi) is 9.27. The standard InChI is InChI=1S/C25H30N8.HI/c1-19-30-31-24(32(19)2)17-28-25(27-16-20-9-4-3-5-10-20)29-22-12-8-14-33(18-22)23-13-7-6-11-21(23)15-26;/h3-7,9-11,13,22H,8,12,14,16-18H2,1-2H3,(H2,27,28,29);1H. The summed E-state index contributed by atoms with van der Waals surface area (Å²) in [5, 5.41) is 24.9. The van der Waals surface area contributed by atoms with Crippen LogP contribution in [0, 0.1) is 18.3 Å². The number of aromatic nitrogens is 3. The van der Waals surface area contributed by atoms with E-state index in [-0.39, 0.29) is 30.0 Å². The highest BCUT2D eigenvalue weighted by Crippen LogP contribution is 2.23. The van der Waals surface area contributed by atoms with Crippen LogP contribution < -0.4 is 15.5 Å². The minimum Gasteiger partial charge on any atom is -0.368 e. The van der Waals surface area contributed by atoms with Crippen molar-refractivity contribution in [2.24, 2.45) is 12.0 Å². The Morgan fingerprint density at radius 1 is 1.15 bits per heavy atom. The summed E-state index contributed by atoms with van der Waals surface area (Å²) >= 11 is 0. The predicted octanol–water partition coefficient (Wildman–Crippen LogP) is 3.52. The zero-order valence-electron chi connectivity index (χ0n) is 19.6. The minimum absolute atomic E-state index is 0. The number of benzene rings is 2. The number of rotatable bonds is 6. The van der Waals surface area contributed by atoms with Crippen molar-refractivity contribution < 1.29 is 0 Å². The largest absolute Gasteiger partial charge is 0.368 e. The third-order valence-corrected chi connectivity index (χ3v) is 5.99. The number of guanidine groups is 1. The summed E-state index contributed by atoms with van der Waals surface area (Å²) in [5.41, 5.74) is 2.87. The Morgan fingerprint density at radius 3 is 2.65 bits per heavy atom. The van der Waals surface area contributed by atoms with E-state index in [1.54, 1.807) is 0 Å². The maximum atomic E-state index is 9.51. The van der Waals surface area contributed by atoms with E-state index in [0.29, 0.717) is 18.7 Å². The number of aryl methyl sites for hydroxylation is 1. The maximum absolute atomic E-state index is 9.51. The van der Waals surface area contributed by atoms with Crippen LogP contribution in [-0.2, 0) is 20.1 Å². The van der Waals surface area contributed by atoms with Crippen LogP contribution in [0.2, 0.25) is 0 Å². The van der Waals surface area contributed by atoms with Gasteiger partial charge in [-0.3, -0.25) is 0 Å². The molecule has 2 N–H and O–H groups in total. The molecule has 178 valence electrons. The van der Waals surface area contributed by atoms with Gasteiger partial charge in [-0.2, -0.15) is 5.26 Å². The van der Waals surface area contributed by atoms with E-state index in [4.69, 9.17) is 4.99 Å². The number of nitriles is 1. The number of hydrogen-bond donors (Lipinski definition) is 2. The Bertz CT molecular complexity index is 1140. The fourth-order valence-corrected chi connectivity index (χ4v) is 4.03. The smallest absolute Gasteiger partial charge is 0.192 e. The first-order chi connectivity index (χ1) is 16.1. The molecule has 1 unspecified atom stereocenters. The van der Waals surface area contributed by atoms with E-state index in [1.807, 2.05) is 61.0 Å². The SMILES string of the molecule is Cc1nnc(CNC(=NCc2ccccc2)NC2CCCN(c3ccccc3C#N)C2)n1C.I. The normalized spacial score (nSPS) is 15.9. The number of anilines is 1. The summed E-state index contributed by atoms with van der Waals surface area (Å²) < 4.78 is 1.98. The molecule has 0 amide bonds. The summed E-state index contributed by atoms with van der Waals surface area (Å²) in [6, 6.07) is 20.6. The second-order valence-corrected chi connectivity index (χ2v) is 8.28. The molecule has 1 atom stereocenters. The lowest BCUT2D eigenvalue weighted by Gasteiger charge is -2.35. The van der Waals surface area contributed by atoms with E-state index in [2.05, 4.69) is 43.9 Å². The highest BCUT2D eigenvalue weighted by atomic mass is 127. The van der Waals surface area contributed by atoms with Crippen molar-refractivity contribution in [1.82, 2.24) is 25.4 Å². The van der Waals surface area contributed by atoms with Crippen LogP contribution in [-0.4, -0.2) is 39.9 Å². The number of piperidine rings is 1. The first kappa shape index (κ1) is 25.5. The van der Waals surface area contributed by atoms with Crippen LogP contribution in [0.5, 0.6) is 0 Å². The van der Waals surface area contributed by atoms with Crippen LogP contribution in [0.4, 0.5) is 5.69 Å². The molecule has 0 aliphatic carbocycles. The topological polar surface area (TPSA) is 94.2 Å². The van der Waals surface area contributed by atoms with Crippen molar-refractivity contribution in [2.45, 2.75) is 38.9 Å². The van der Waals surface area contributed by atoms with Crippen molar-refractivity contribution in [3.63, 3.8) is 0 Å². The van der Waals surface area contributed by atoms with Gasteiger partial charge in [0.2, 0.25) is 0 Å². The van der Waals surface area contributed by atoms with E-state index in [9.17, 15) is 5.26 Å². The van der Waals surface area contributed by atoms with Gasteiger partial charge in [0.1, 0.15) is 11.9 Å². The molecule has 1 aliphatic heterocycles. The van der Waals surface area contributed by atoms with E-state index in [0.717, 1.165) is 54.8 Å². The highest BCUT2D eigenvalue weighted by molar-refractivity contribution is 14.0. The van der Waals surface area contributed by atoms with Gasteiger partial charge < -0.3 is 20.1 Å². The summed E-state index contributed by atoms with van der Waals surface area (Å²) in [6.07, 6.45) is 2.09. The molecule has 0 bridgehead atoms. The predicted molar refractivity (Wildman–Crippen MR) is 145 cm³/mol. The number of para-hydroxylation sites is 1. The Hall–Kier alpha value is -3.13. The average molecular weight is 570 g/mol. The van der Waals surface area contributed by atoms with Gasteiger partial charge in [0.15, 0.2) is 11.8 Å². The molecule has 3 aromatic rings. The fourth-order valence-electron chi connectivity index (χ4n) is 4.03. The van der Waals surface area contributed by atoms with Crippen LogP contribution in [0.25, 0.3) is 0 Å². The first-order valence-corrected chi connectivity index (χ1v) is 11.3. The Morgan fingerprint density at radius 2 is 1.91 bits per heavy atom. The number of hydrogen-bond acceptors (Lipinski definition) is 5. The molecule has 8 nitrogen and oxygen atoms in total. The molecule has 9 heteroatoms. The van der Waals surface area contributed by atoms with Crippen molar-refractivity contribution in [2.75, 3.05) is 18.0 Å². The molecular weight excluding hydrogens is 539 g/mol. The van der Waals surface area contributed by atoms with Gasteiger partial charge in [0, 0.05) is 26.2 Å². The summed E-state index contributed by atoms with van der Waals surface area (Å²) in [5.74, 6) is 2.48. The molecular formula is C25H31IN8. The molecule has 1 aliphatic rings. The van der Waals surface area contributed by atoms with E-state index < -0.39 is 0 Å². The van der Waals surface area contributed by atoms with Crippen LogP contribution in [0.15, 0.2) is 59.6 Å². The second kappa shape index (κ2) is 12.4. The van der Waals surface area contributed by atoms with Crippen LogP contribution >= 0.6 is 24.0 Å². The molecule has 2 aromatic carbocycles. The molecule has 1 saturated heterocycles. The minimum atomic E-state index is 0. The van der Waals surface area contributed by atoms with Gasteiger partial charge in [-0.1, -0.05) is 42.5 Å². The molecule has 1 aromatic heterocycles. The monoisotopic (exact) mass is 570 g/mol. The fraction of sp³-hybridized carbons (Fsp3) is 0.360. The number of halogens is 1. The number of nitrogens with one attached hydrogen (secondary N) is 2. The molecule has 0 spiro atoms. The van der Waals surface area contributed by atoms with Gasteiger partial charge >= 0.3 is 0 Å². The number of nitrogens with zero attached hydrogens (tertiary/aromatic N) is 6.